The number of halogens is 2. The lowest BCUT2D eigenvalue weighted by atomic mass is 9.87. The molecule has 2 aromatic rings. The molecule has 0 aliphatic carbocycles. The van der Waals surface area contributed by atoms with Crippen molar-refractivity contribution in [3.05, 3.63) is 48.1 Å². The first-order valence-electron chi connectivity index (χ1n) is 6.66. The summed E-state index contributed by atoms with van der Waals surface area (Å²) < 4.78 is 34.7. The van der Waals surface area contributed by atoms with Gasteiger partial charge in [-0.25, -0.2) is 18.4 Å². The van der Waals surface area contributed by atoms with Crippen LogP contribution in [0.15, 0.2) is 30.9 Å². The second-order valence-corrected chi connectivity index (χ2v) is 5.28. The molecule has 112 valence electrons. The molecule has 1 fully saturated rings. The molecule has 1 aliphatic rings. The Balaban J connectivity index is 1.99. The average Bonchev–Trinajstić information content (AvgIpc) is 3.09. The van der Waals surface area contributed by atoms with Gasteiger partial charge in [0.25, 0.3) is 0 Å². The quantitative estimate of drug-likeness (QED) is 0.928. The highest BCUT2D eigenvalue weighted by Crippen LogP contribution is 2.41. The summed E-state index contributed by atoms with van der Waals surface area (Å²) in [6.07, 6.45) is 3.33. The molecule has 2 heterocycles. The largest absolute Gasteiger partial charge is 0.396 e. The summed E-state index contributed by atoms with van der Waals surface area (Å²) in [5.41, 5.74) is -0.700. The molecule has 21 heavy (non-hydrogen) atoms. The first-order chi connectivity index (χ1) is 10.1. The minimum absolute atomic E-state index is 0.0398. The van der Waals surface area contributed by atoms with E-state index in [9.17, 15) is 13.9 Å². The summed E-state index contributed by atoms with van der Waals surface area (Å²) in [5, 5.41) is 13.3. The van der Waals surface area contributed by atoms with Crippen molar-refractivity contribution < 1.29 is 18.6 Å². The topological polar surface area (TPSA) is 60.2 Å². The molecule has 3 rings (SSSR count). The normalized spacial score (nSPS) is 25.4. The van der Waals surface area contributed by atoms with Gasteiger partial charge in [0.2, 0.25) is 0 Å². The highest BCUT2D eigenvalue weighted by molar-refractivity contribution is 5.26. The Morgan fingerprint density at radius 1 is 1.43 bits per heavy atom. The number of ether oxygens (including phenoxy) is 1. The zero-order chi connectivity index (χ0) is 14.9. The number of rotatable bonds is 4. The van der Waals surface area contributed by atoms with Crippen LogP contribution in [0.1, 0.15) is 12.0 Å². The number of benzene rings is 1. The minimum Gasteiger partial charge on any atom is -0.396 e. The molecule has 1 aromatic heterocycles. The van der Waals surface area contributed by atoms with Crippen molar-refractivity contribution in [2.75, 3.05) is 13.2 Å². The fourth-order valence-corrected chi connectivity index (χ4v) is 2.80. The van der Waals surface area contributed by atoms with Gasteiger partial charge in [0.15, 0.2) is 0 Å². The number of aromatic nitrogens is 3. The summed E-state index contributed by atoms with van der Waals surface area (Å²) >= 11 is 0. The van der Waals surface area contributed by atoms with Crippen LogP contribution < -0.4 is 0 Å². The third kappa shape index (κ3) is 2.66. The van der Waals surface area contributed by atoms with Gasteiger partial charge in [0.1, 0.15) is 29.9 Å². The van der Waals surface area contributed by atoms with Crippen molar-refractivity contribution in [2.24, 2.45) is 5.92 Å². The number of nitrogens with zero attached hydrogens (tertiary/aromatic N) is 3. The van der Waals surface area contributed by atoms with Gasteiger partial charge >= 0.3 is 0 Å². The molecule has 7 heteroatoms. The van der Waals surface area contributed by atoms with Crippen molar-refractivity contribution in [3.63, 3.8) is 0 Å². The van der Waals surface area contributed by atoms with Gasteiger partial charge in [0.05, 0.1) is 13.2 Å². The van der Waals surface area contributed by atoms with Crippen molar-refractivity contribution in [3.8, 4) is 0 Å². The molecular weight excluding hydrogens is 280 g/mol. The van der Waals surface area contributed by atoms with Gasteiger partial charge in [-0.15, -0.1) is 0 Å². The van der Waals surface area contributed by atoms with Gasteiger partial charge in [-0.05, 0) is 12.5 Å². The molecule has 2 atom stereocenters. The molecule has 0 spiro atoms. The maximum Gasteiger partial charge on any atom is 0.137 e. The third-order valence-corrected chi connectivity index (χ3v) is 3.78. The van der Waals surface area contributed by atoms with Crippen LogP contribution in [-0.2, 0) is 16.9 Å². The molecule has 1 aliphatic heterocycles. The molecule has 0 bridgehead atoms. The summed E-state index contributed by atoms with van der Waals surface area (Å²) in [6.45, 7) is 0.538. The van der Waals surface area contributed by atoms with Crippen molar-refractivity contribution in [1.29, 1.82) is 0 Å². The summed E-state index contributed by atoms with van der Waals surface area (Å²) in [4.78, 5) is 3.86. The van der Waals surface area contributed by atoms with E-state index in [-0.39, 0.29) is 24.6 Å². The molecule has 0 radical (unpaired) electrons. The fraction of sp³-hybridized carbons (Fsp3) is 0.429. The Bertz CT molecular complexity index is 621. The average molecular weight is 295 g/mol. The SMILES string of the molecule is OCC1CO[C@@](Cn2cncn2)(c2ccc(F)cc2F)C1. The number of hydrogen-bond acceptors (Lipinski definition) is 4. The van der Waals surface area contributed by atoms with Crippen molar-refractivity contribution >= 4 is 0 Å². The maximum atomic E-state index is 14.2. The molecule has 0 amide bonds. The van der Waals surface area contributed by atoms with Crippen LogP contribution in [0.4, 0.5) is 8.78 Å². The molecule has 1 aromatic carbocycles. The lowest BCUT2D eigenvalue weighted by Crippen LogP contribution is -2.32. The molecule has 1 unspecified atom stereocenters. The van der Waals surface area contributed by atoms with Crippen molar-refractivity contribution in [2.45, 2.75) is 18.6 Å². The first kappa shape index (κ1) is 14.1. The fourth-order valence-electron chi connectivity index (χ4n) is 2.80. The van der Waals surface area contributed by atoms with Crippen LogP contribution in [0, 0.1) is 17.6 Å². The third-order valence-electron chi connectivity index (χ3n) is 3.78. The smallest absolute Gasteiger partial charge is 0.137 e. The monoisotopic (exact) mass is 295 g/mol. The van der Waals surface area contributed by atoms with Crippen LogP contribution in [0.3, 0.4) is 0 Å². The van der Waals surface area contributed by atoms with E-state index in [0.29, 0.717) is 13.0 Å². The predicted molar refractivity (Wildman–Crippen MR) is 69.2 cm³/mol. The van der Waals surface area contributed by atoms with Gasteiger partial charge in [-0.2, -0.15) is 5.10 Å². The minimum atomic E-state index is -0.973. The van der Waals surface area contributed by atoms with Crippen molar-refractivity contribution in [1.82, 2.24) is 14.8 Å². The van der Waals surface area contributed by atoms with Crippen LogP contribution in [0.5, 0.6) is 0 Å². The van der Waals surface area contributed by atoms with E-state index >= 15 is 0 Å². The van der Waals surface area contributed by atoms with E-state index < -0.39 is 17.2 Å². The number of hydrogen-bond donors (Lipinski definition) is 1. The Labute approximate surface area is 120 Å². The lowest BCUT2D eigenvalue weighted by Gasteiger charge is -2.29. The predicted octanol–water partition coefficient (Wildman–Crippen LogP) is 1.48. The maximum absolute atomic E-state index is 14.2. The van der Waals surface area contributed by atoms with Gasteiger partial charge in [-0.3, -0.25) is 0 Å². The number of aliphatic hydroxyl groups excluding tert-OH is 1. The second kappa shape index (κ2) is 5.50. The van der Waals surface area contributed by atoms with E-state index in [4.69, 9.17) is 4.74 Å². The van der Waals surface area contributed by atoms with Crippen LogP contribution in [-0.4, -0.2) is 33.1 Å². The van der Waals surface area contributed by atoms with E-state index in [2.05, 4.69) is 10.1 Å². The molecule has 1 N–H and O–H groups in total. The first-order valence-corrected chi connectivity index (χ1v) is 6.66. The zero-order valence-corrected chi connectivity index (χ0v) is 11.2. The van der Waals surface area contributed by atoms with E-state index in [1.54, 1.807) is 4.68 Å². The molecular formula is C14H15F2N3O2. The summed E-state index contributed by atoms with van der Waals surface area (Å²) in [5.74, 6) is -1.38. The van der Waals surface area contributed by atoms with E-state index in [1.807, 2.05) is 0 Å². The van der Waals surface area contributed by atoms with Gasteiger partial charge in [0, 0.05) is 24.2 Å². The Morgan fingerprint density at radius 2 is 2.29 bits per heavy atom. The summed E-state index contributed by atoms with van der Waals surface area (Å²) in [6, 6.07) is 3.44. The standard InChI is InChI=1S/C14H15F2N3O2/c15-11-1-2-12(13(16)3-11)14(4-10(5-20)6-21-14)7-19-9-17-8-18-19/h1-3,8-10,20H,4-7H2/t10?,14-/m0/s1. The molecule has 1 saturated heterocycles. The van der Waals surface area contributed by atoms with E-state index in [1.165, 1.54) is 24.8 Å². The number of aliphatic hydroxyl groups is 1. The second-order valence-electron chi connectivity index (χ2n) is 5.28. The molecule has 5 nitrogen and oxygen atoms in total. The van der Waals surface area contributed by atoms with Gasteiger partial charge < -0.3 is 9.84 Å². The van der Waals surface area contributed by atoms with Crippen LogP contribution in [0.25, 0.3) is 0 Å². The van der Waals surface area contributed by atoms with Crippen LogP contribution in [0.2, 0.25) is 0 Å². The Hall–Kier alpha value is -1.86. The van der Waals surface area contributed by atoms with E-state index in [0.717, 1.165) is 6.07 Å². The lowest BCUT2D eigenvalue weighted by molar-refractivity contribution is -0.0207. The highest BCUT2D eigenvalue weighted by atomic mass is 19.1. The highest BCUT2D eigenvalue weighted by Gasteiger charge is 2.44. The Morgan fingerprint density at radius 3 is 2.90 bits per heavy atom. The van der Waals surface area contributed by atoms with Crippen LogP contribution >= 0.6 is 0 Å². The summed E-state index contributed by atoms with van der Waals surface area (Å²) in [7, 11) is 0. The zero-order valence-electron chi connectivity index (χ0n) is 11.2. The Kier molecular flexibility index (Phi) is 3.69. The molecule has 0 saturated carbocycles. The van der Waals surface area contributed by atoms with Gasteiger partial charge in [-0.1, -0.05) is 6.07 Å².